The molecular formula is C16H16FNO2S. The van der Waals surface area contributed by atoms with Crippen LogP contribution < -0.4 is 5.32 Å². The topological polar surface area (TPSA) is 49.3 Å². The molecule has 3 rings (SSSR count). The first-order chi connectivity index (χ1) is 10.1. The average molecular weight is 305 g/mol. The van der Waals surface area contributed by atoms with E-state index in [1.54, 1.807) is 30.3 Å². The molecule has 0 radical (unpaired) electrons. The van der Waals surface area contributed by atoms with Crippen molar-refractivity contribution in [1.29, 1.82) is 0 Å². The minimum Gasteiger partial charge on any atom is -0.396 e. The van der Waals surface area contributed by atoms with Gasteiger partial charge in [-0.3, -0.25) is 4.79 Å². The highest BCUT2D eigenvalue weighted by Crippen LogP contribution is 2.44. The molecule has 5 heteroatoms. The smallest absolute Gasteiger partial charge is 0.261 e. The third-order valence-corrected chi connectivity index (χ3v) is 5.00. The molecular weight excluding hydrogens is 289 g/mol. The molecule has 110 valence electrons. The fourth-order valence-electron chi connectivity index (χ4n) is 2.19. The van der Waals surface area contributed by atoms with Crippen molar-refractivity contribution in [2.24, 2.45) is 5.41 Å². The number of aliphatic hydroxyl groups excluding tert-OH is 1. The molecule has 3 nitrogen and oxygen atoms in total. The third kappa shape index (κ3) is 2.99. The number of hydrogen-bond acceptors (Lipinski definition) is 3. The van der Waals surface area contributed by atoms with Gasteiger partial charge >= 0.3 is 0 Å². The van der Waals surface area contributed by atoms with Gasteiger partial charge in [-0.25, -0.2) is 4.39 Å². The summed E-state index contributed by atoms with van der Waals surface area (Å²) in [5.74, 6) is -0.453. The van der Waals surface area contributed by atoms with Gasteiger partial charge in [-0.15, -0.1) is 11.3 Å². The van der Waals surface area contributed by atoms with E-state index < -0.39 is 0 Å². The summed E-state index contributed by atoms with van der Waals surface area (Å²) in [6.07, 6.45) is 1.91. The Bertz CT molecular complexity index is 664. The Hall–Kier alpha value is -1.72. The monoisotopic (exact) mass is 305 g/mol. The quantitative estimate of drug-likeness (QED) is 0.892. The van der Waals surface area contributed by atoms with Crippen molar-refractivity contribution in [3.8, 4) is 10.4 Å². The van der Waals surface area contributed by atoms with Crippen LogP contribution in [-0.2, 0) is 0 Å². The summed E-state index contributed by atoms with van der Waals surface area (Å²) in [6.45, 7) is 0.605. The molecule has 0 unspecified atom stereocenters. The Balaban J connectivity index is 1.70. The molecule has 1 saturated carbocycles. The van der Waals surface area contributed by atoms with Crippen LogP contribution in [0.1, 0.15) is 22.5 Å². The standard InChI is InChI=1S/C16H16FNO2S/c17-12-4-2-1-3-11(12)13-5-6-14(21-13)15(20)18-9-16(10-19)7-8-16/h1-6,19H,7-10H2,(H,18,20). The van der Waals surface area contributed by atoms with Crippen LogP contribution >= 0.6 is 11.3 Å². The predicted molar refractivity (Wildman–Crippen MR) is 80.8 cm³/mol. The number of benzene rings is 1. The first-order valence-corrected chi connectivity index (χ1v) is 7.69. The summed E-state index contributed by atoms with van der Waals surface area (Å²) in [6, 6.07) is 10.00. The Labute approximate surface area is 126 Å². The van der Waals surface area contributed by atoms with Crippen LogP contribution in [-0.4, -0.2) is 24.2 Å². The zero-order valence-corrected chi connectivity index (χ0v) is 12.3. The van der Waals surface area contributed by atoms with Crippen LogP contribution in [0.2, 0.25) is 0 Å². The second kappa shape index (κ2) is 5.58. The number of nitrogens with one attached hydrogen (secondary N) is 1. The zero-order valence-electron chi connectivity index (χ0n) is 11.4. The second-order valence-corrected chi connectivity index (χ2v) is 6.57. The van der Waals surface area contributed by atoms with E-state index in [-0.39, 0.29) is 23.7 Å². The van der Waals surface area contributed by atoms with Gasteiger partial charge in [-0.2, -0.15) is 0 Å². The van der Waals surface area contributed by atoms with E-state index in [9.17, 15) is 14.3 Å². The summed E-state index contributed by atoms with van der Waals surface area (Å²) in [5.41, 5.74) is 0.400. The molecule has 0 saturated heterocycles. The molecule has 2 N–H and O–H groups in total. The second-order valence-electron chi connectivity index (χ2n) is 5.48. The van der Waals surface area contributed by atoms with Gasteiger partial charge in [0.1, 0.15) is 5.82 Å². The largest absolute Gasteiger partial charge is 0.396 e. The average Bonchev–Trinajstić information content (AvgIpc) is 3.12. The summed E-state index contributed by atoms with van der Waals surface area (Å²) < 4.78 is 13.7. The minimum atomic E-state index is -0.288. The van der Waals surface area contributed by atoms with Crippen LogP contribution in [0, 0.1) is 11.2 Å². The first-order valence-electron chi connectivity index (χ1n) is 6.87. The Kier molecular flexibility index (Phi) is 3.78. The van der Waals surface area contributed by atoms with Gasteiger partial charge in [0.25, 0.3) is 5.91 Å². The molecule has 1 fully saturated rings. The molecule has 1 heterocycles. The van der Waals surface area contributed by atoms with E-state index in [0.29, 0.717) is 17.0 Å². The lowest BCUT2D eigenvalue weighted by molar-refractivity contribution is 0.0939. The van der Waals surface area contributed by atoms with Gasteiger partial charge in [0.2, 0.25) is 0 Å². The lowest BCUT2D eigenvalue weighted by atomic mass is 10.1. The molecule has 0 atom stereocenters. The minimum absolute atomic E-state index is 0.109. The third-order valence-electron chi connectivity index (χ3n) is 3.89. The summed E-state index contributed by atoms with van der Waals surface area (Å²) in [5, 5.41) is 12.1. The number of thiophene rings is 1. The number of rotatable bonds is 5. The molecule has 1 aromatic heterocycles. The van der Waals surface area contributed by atoms with Crippen molar-refractivity contribution >= 4 is 17.2 Å². The van der Waals surface area contributed by atoms with Crippen LogP contribution in [0.15, 0.2) is 36.4 Å². The Morgan fingerprint density at radius 2 is 2.05 bits per heavy atom. The van der Waals surface area contributed by atoms with Gasteiger partial charge < -0.3 is 10.4 Å². The number of halogens is 1. The van der Waals surface area contributed by atoms with Crippen molar-refractivity contribution in [3.63, 3.8) is 0 Å². The van der Waals surface area contributed by atoms with Gasteiger partial charge in [0.05, 0.1) is 11.5 Å². The van der Waals surface area contributed by atoms with Crippen molar-refractivity contribution in [1.82, 2.24) is 5.32 Å². The molecule has 21 heavy (non-hydrogen) atoms. The van der Waals surface area contributed by atoms with E-state index in [2.05, 4.69) is 5.32 Å². The van der Waals surface area contributed by atoms with Crippen LogP contribution in [0.4, 0.5) is 4.39 Å². The van der Waals surface area contributed by atoms with Crippen molar-refractivity contribution < 1.29 is 14.3 Å². The maximum absolute atomic E-state index is 13.7. The van der Waals surface area contributed by atoms with Gasteiger partial charge in [0.15, 0.2) is 0 Å². The Morgan fingerprint density at radius 1 is 1.29 bits per heavy atom. The van der Waals surface area contributed by atoms with E-state index >= 15 is 0 Å². The van der Waals surface area contributed by atoms with Crippen LogP contribution in [0.3, 0.4) is 0 Å². The fraction of sp³-hybridized carbons (Fsp3) is 0.312. The predicted octanol–water partition coefficient (Wildman–Crippen LogP) is 3.06. The number of carbonyl (C=O) groups excluding carboxylic acids is 1. The molecule has 1 aromatic carbocycles. The maximum atomic E-state index is 13.7. The zero-order chi connectivity index (χ0) is 14.9. The highest BCUT2D eigenvalue weighted by Gasteiger charge is 2.42. The molecule has 0 aliphatic heterocycles. The Morgan fingerprint density at radius 3 is 2.71 bits per heavy atom. The van der Waals surface area contributed by atoms with Crippen LogP contribution in [0.5, 0.6) is 0 Å². The first kappa shape index (κ1) is 14.2. The summed E-state index contributed by atoms with van der Waals surface area (Å²) in [7, 11) is 0. The number of carbonyl (C=O) groups is 1. The normalized spacial score (nSPS) is 15.7. The number of aliphatic hydroxyl groups is 1. The van der Waals surface area contributed by atoms with E-state index in [0.717, 1.165) is 17.7 Å². The molecule has 1 amide bonds. The molecule has 0 bridgehead atoms. The molecule has 1 aliphatic rings. The SMILES string of the molecule is O=C(NCC1(CO)CC1)c1ccc(-c2ccccc2F)s1. The molecule has 2 aromatic rings. The van der Waals surface area contributed by atoms with Crippen molar-refractivity contribution in [2.45, 2.75) is 12.8 Å². The van der Waals surface area contributed by atoms with Gasteiger partial charge in [-0.1, -0.05) is 18.2 Å². The van der Waals surface area contributed by atoms with E-state index in [4.69, 9.17) is 0 Å². The van der Waals surface area contributed by atoms with Crippen LogP contribution in [0.25, 0.3) is 10.4 Å². The summed E-state index contributed by atoms with van der Waals surface area (Å²) in [4.78, 5) is 13.4. The van der Waals surface area contributed by atoms with Gasteiger partial charge in [-0.05, 0) is 31.0 Å². The number of amides is 1. The highest BCUT2D eigenvalue weighted by molar-refractivity contribution is 7.17. The maximum Gasteiger partial charge on any atom is 0.261 e. The fourth-order valence-corrected chi connectivity index (χ4v) is 3.14. The van der Waals surface area contributed by atoms with Crippen molar-refractivity contribution in [2.75, 3.05) is 13.2 Å². The molecule has 0 spiro atoms. The number of hydrogen-bond donors (Lipinski definition) is 2. The van der Waals surface area contributed by atoms with Crippen molar-refractivity contribution in [3.05, 3.63) is 47.1 Å². The van der Waals surface area contributed by atoms with E-state index in [1.165, 1.54) is 17.4 Å². The van der Waals surface area contributed by atoms with E-state index in [1.807, 2.05) is 0 Å². The highest BCUT2D eigenvalue weighted by atomic mass is 32.1. The summed E-state index contributed by atoms with van der Waals surface area (Å²) >= 11 is 1.27. The van der Waals surface area contributed by atoms with Gasteiger partial charge in [0, 0.05) is 22.4 Å². The lowest BCUT2D eigenvalue weighted by Crippen LogP contribution is -2.31. The lowest BCUT2D eigenvalue weighted by Gasteiger charge is -2.11. The molecule has 1 aliphatic carbocycles.